The number of carbonyl (C=O) groups excluding carboxylic acids is 1. The smallest absolute Gasteiger partial charge is 0.318 e. The lowest BCUT2D eigenvalue weighted by Crippen LogP contribution is -2.51. The third-order valence-corrected chi connectivity index (χ3v) is 6.92. The number of anilines is 1. The minimum atomic E-state index is 0.0469. The van der Waals surface area contributed by atoms with Gasteiger partial charge in [0.05, 0.1) is 9.98 Å². The van der Waals surface area contributed by atoms with Gasteiger partial charge in [-0.1, -0.05) is 30.6 Å². The maximum atomic E-state index is 12.9. The van der Waals surface area contributed by atoms with Crippen LogP contribution in [0.3, 0.4) is 0 Å². The molecule has 2 aliphatic rings. The summed E-state index contributed by atoms with van der Waals surface area (Å²) in [7, 11) is 0. The van der Waals surface area contributed by atoms with Gasteiger partial charge in [0.1, 0.15) is 0 Å². The van der Waals surface area contributed by atoms with E-state index in [1.807, 2.05) is 11.8 Å². The number of carbonyl (C=O) groups is 1. The molecule has 1 saturated heterocycles. The minimum Gasteiger partial charge on any atom is -0.318 e. The van der Waals surface area contributed by atoms with Crippen LogP contribution in [0, 0.1) is 0 Å². The van der Waals surface area contributed by atoms with Gasteiger partial charge in [0, 0.05) is 12.1 Å². The van der Waals surface area contributed by atoms with E-state index in [4.69, 9.17) is 0 Å². The Labute approximate surface area is 148 Å². The van der Waals surface area contributed by atoms with Crippen LogP contribution in [0.5, 0.6) is 0 Å². The van der Waals surface area contributed by atoms with Crippen LogP contribution in [0.25, 0.3) is 0 Å². The SMILES string of the molecule is O=C(Nc1ncc(Br)s1)N(C1CCCCC1)C1CCSCC1. The summed E-state index contributed by atoms with van der Waals surface area (Å²) in [6, 6.07) is 0.851. The average Bonchev–Trinajstić information content (AvgIpc) is 2.95. The van der Waals surface area contributed by atoms with E-state index in [0.717, 1.165) is 29.5 Å². The zero-order chi connectivity index (χ0) is 15.4. The van der Waals surface area contributed by atoms with Crippen molar-refractivity contribution < 1.29 is 4.79 Å². The summed E-state index contributed by atoms with van der Waals surface area (Å²) in [5.74, 6) is 2.34. The van der Waals surface area contributed by atoms with E-state index in [9.17, 15) is 4.79 Å². The Balaban J connectivity index is 1.72. The van der Waals surface area contributed by atoms with Crippen LogP contribution in [0.4, 0.5) is 9.93 Å². The molecule has 0 atom stereocenters. The Morgan fingerprint density at radius 3 is 2.50 bits per heavy atom. The van der Waals surface area contributed by atoms with Gasteiger partial charge in [-0.25, -0.2) is 9.78 Å². The predicted molar refractivity (Wildman–Crippen MR) is 97.9 cm³/mol. The van der Waals surface area contributed by atoms with E-state index < -0.39 is 0 Å². The highest BCUT2D eigenvalue weighted by molar-refractivity contribution is 9.11. The average molecular weight is 404 g/mol. The summed E-state index contributed by atoms with van der Waals surface area (Å²) in [5, 5.41) is 3.70. The Morgan fingerprint density at radius 1 is 1.18 bits per heavy atom. The summed E-state index contributed by atoms with van der Waals surface area (Å²) < 4.78 is 0.945. The van der Waals surface area contributed by atoms with Crippen molar-refractivity contribution in [1.29, 1.82) is 0 Å². The highest BCUT2D eigenvalue weighted by atomic mass is 79.9. The number of amides is 2. The normalized spacial score (nSPS) is 20.8. The van der Waals surface area contributed by atoms with Gasteiger partial charge in [0.2, 0.25) is 0 Å². The zero-order valence-corrected chi connectivity index (χ0v) is 15.8. The molecule has 22 heavy (non-hydrogen) atoms. The number of hydrogen-bond donors (Lipinski definition) is 1. The lowest BCUT2D eigenvalue weighted by Gasteiger charge is -2.41. The van der Waals surface area contributed by atoms with Crippen molar-refractivity contribution in [2.45, 2.75) is 57.0 Å². The third kappa shape index (κ3) is 4.17. The van der Waals surface area contributed by atoms with Gasteiger partial charge in [0.15, 0.2) is 5.13 Å². The van der Waals surface area contributed by atoms with E-state index in [0.29, 0.717) is 17.2 Å². The highest BCUT2D eigenvalue weighted by Gasteiger charge is 2.32. The van der Waals surface area contributed by atoms with E-state index in [-0.39, 0.29) is 6.03 Å². The Morgan fingerprint density at radius 2 is 1.86 bits per heavy atom. The molecule has 1 aromatic heterocycles. The number of nitrogens with zero attached hydrogens (tertiary/aromatic N) is 2. The number of nitrogens with one attached hydrogen (secondary N) is 1. The van der Waals surface area contributed by atoms with E-state index in [1.54, 1.807) is 6.20 Å². The van der Waals surface area contributed by atoms with Crippen LogP contribution < -0.4 is 5.32 Å². The first-order valence-corrected chi connectivity index (χ1v) is 10.8. The summed E-state index contributed by atoms with van der Waals surface area (Å²) in [6.07, 6.45) is 10.1. The summed E-state index contributed by atoms with van der Waals surface area (Å²) >= 11 is 6.88. The van der Waals surface area contributed by atoms with Crippen LogP contribution in [0.2, 0.25) is 0 Å². The first-order valence-electron chi connectivity index (χ1n) is 8.02. The summed E-state index contributed by atoms with van der Waals surface area (Å²) in [5.41, 5.74) is 0. The van der Waals surface area contributed by atoms with E-state index >= 15 is 0 Å². The molecule has 0 spiro atoms. The topological polar surface area (TPSA) is 45.2 Å². The van der Waals surface area contributed by atoms with Crippen molar-refractivity contribution in [3.8, 4) is 0 Å². The number of hydrogen-bond acceptors (Lipinski definition) is 4. The molecular formula is C15H22BrN3OS2. The number of rotatable bonds is 3. The first kappa shape index (κ1) is 16.6. The summed E-state index contributed by atoms with van der Waals surface area (Å²) in [6.45, 7) is 0. The van der Waals surface area contributed by atoms with Crippen molar-refractivity contribution in [3.05, 3.63) is 9.98 Å². The minimum absolute atomic E-state index is 0.0469. The number of halogens is 1. The second-order valence-electron chi connectivity index (χ2n) is 5.94. The monoisotopic (exact) mass is 403 g/mol. The van der Waals surface area contributed by atoms with Crippen LogP contribution in [0.15, 0.2) is 9.98 Å². The second kappa shape index (κ2) is 8.02. The molecule has 0 unspecified atom stereocenters. The van der Waals surface area contributed by atoms with Crippen LogP contribution in [-0.4, -0.2) is 39.5 Å². The molecule has 0 aromatic carbocycles. The van der Waals surface area contributed by atoms with Crippen molar-refractivity contribution in [3.63, 3.8) is 0 Å². The lowest BCUT2D eigenvalue weighted by atomic mass is 9.92. The standard InChI is InChI=1S/C15H22BrN3OS2/c16-13-10-17-14(22-13)18-15(20)19(11-4-2-1-3-5-11)12-6-8-21-9-7-12/h10-12H,1-9H2,(H,17,18,20). The molecule has 1 N–H and O–H groups in total. The van der Waals surface area contributed by atoms with Gasteiger partial charge < -0.3 is 4.90 Å². The maximum absolute atomic E-state index is 12.9. The Kier molecular flexibility index (Phi) is 6.04. The molecule has 122 valence electrons. The fourth-order valence-corrected chi connectivity index (χ4v) is 5.60. The van der Waals surface area contributed by atoms with Gasteiger partial charge in [-0.2, -0.15) is 11.8 Å². The largest absolute Gasteiger partial charge is 0.324 e. The quantitative estimate of drug-likeness (QED) is 0.774. The van der Waals surface area contributed by atoms with E-state index in [2.05, 4.69) is 31.1 Å². The zero-order valence-electron chi connectivity index (χ0n) is 12.6. The van der Waals surface area contributed by atoms with Gasteiger partial charge >= 0.3 is 6.03 Å². The van der Waals surface area contributed by atoms with Gasteiger partial charge in [0.25, 0.3) is 0 Å². The van der Waals surface area contributed by atoms with Crippen LogP contribution in [-0.2, 0) is 0 Å². The molecule has 2 fully saturated rings. The Bertz CT molecular complexity index is 481. The molecule has 0 bridgehead atoms. The third-order valence-electron chi connectivity index (χ3n) is 4.48. The molecule has 2 heterocycles. The molecule has 2 amide bonds. The molecule has 1 saturated carbocycles. The molecule has 1 aromatic rings. The van der Waals surface area contributed by atoms with E-state index in [1.165, 1.54) is 42.1 Å². The first-order chi connectivity index (χ1) is 10.7. The van der Waals surface area contributed by atoms with Gasteiger partial charge in [-0.3, -0.25) is 5.32 Å². The van der Waals surface area contributed by atoms with Crippen LogP contribution in [0.1, 0.15) is 44.9 Å². The highest BCUT2D eigenvalue weighted by Crippen LogP contribution is 2.31. The predicted octanol–water partition coefficient (Wildman–Crippen LogP) is 4.97. The van der Waals surface area contributed by atoms with Gasteiger partial charge in [-0.05, 0) is 53.1 Å². The molecule has 0 radical (unpaired) electrons. The van der Waals surface area contributed by atoms with Crippen LogP contribution >= 0.6 is 39.0 Å². The summed E-state index contributed by atoms with van der Waals surface area (Å²) in [4.78, 5) is 19.3. The van der Waals surface area contributed by atoms with Crippen molar-refractivity contribution in [2.24, 2.45) is 0 Å². The van der Waals surface area contributed by atoms with Crippen molar-refractivity contribution in [1.82, 2.24) is 9.88 Å². The fourth-order valence-electron chi connectivity index (χ4n) is 3.42. The fraction of sp³-hybridized carbons (Fsp3) is 0.733. The number of thioether (sulfide) groups is 1. The van der Waals surface area contributed by atoms with Gasteiger partial charge in [-0.15, -0.1) is 0 Å². The molecular weight excluding hydrogens is 382 g/mol. The molecule has 4 nitrogen and oxygen atoms in total. The Hall–Kier alpha value is -0.270. The number of urea groups is 1. The number of thiazole rings is 1. The maximum Gasteiger partial charge on any atom is 0.324 e. The molecule has 1 aliphatic heterocycles. The molecule has 3 rings (SSSR count). The number of aromatic nitrogens is 1. The molecule has 1 aliphatic carbocycles. The van der Waals surface area contributed by atoms with Crippen molar-refractivity contribution >= 4 is 50.2 Å². The van der Waals surface area contributed by atoms with Crippen molar-refractivity contribution in [2.75, 3.05) is 16.8 Å². The lowest BCUT2D eigenvalue weighted by molar-refractivity contribution is 0.128. The molecule has 7 heteroatoms. The second-order valence-corrected chi connectivity index (χ2v) is 9.58.